The van der Waals surface area contributed by atoms with Crippen LogP contribution in [0.3, 0.4) is 0 Å². The van der Waals surface area contributed by atoms with E-state index >= 15 is 0 Å². The van der Waals surface area contributed by atoms with E-state index in [1.165, 1.54) is 0 Å². The Morgan fingerprint density at radius 3 is 2.04 bits per heavy atom. The molecule has 5 aromatic rings. The normalized spacial score (nSPS) is 17.0. The fourth-order valence-electron chi connectivity index (χ4n) is 4.47. The Morgan fingerprint density at radius 1 is 0.800 bits per heavy atom. The summed E-state index contributed by atoms with van der Waals surface area (Å²) in [6, 6.07) is 16.5. The fraction of sp³-hybridized carbons (Fsp3) is 0.0952. The maximum absolute atomic E-state index is 12.8. The van der Waals surface area contributed by atoms with Gasteiger partial charge >= 0.3 is 0 Å². The molecule has 0 unspecified atom stereocenters. The van der Waals surface area contributed by atoms with Crippen molar-refractivity contribution < 1.29 is 4.79 Å². The summed E-state index contributed by atoms with van der Waals surface area (Å²) in [5.74, 6) is 0.0180. The molecule has 1 amide bonds. The number of carbonyl (C=O) groups excluding carboxylic acids is 1. The minimum atomic E-state index is 0.00210. The second-order valence-corrected chi connectivity index (χ2v) is 6.82. The van der Waals surface area contributed by atoms with Crippen molar-refractivity contribution in [1.29, 1.82) is 0 Å². The maximum Gasteiger partial charge on any atom is 0.252 e. The molecular weight excluding hydrogens is 310 g/mol. The molecular formula is C21H15N3O. The van der Waals surface area contributed by atoms with Crippen LogP contribution in [0.5, 0.6) is 0 Å². The standard InChI is InChI=1S/C21H15N3O/c1-10-15-16-11-6-2-4-8-13(11)23-19(16)20-17(18(15)21(25)22-10)12-7-3-5-9-14(12)24-20/h2-10,23-24H,1H3,(H,22,25)/t10-/m1/s1. The molecule has 2 aromatic heterocycles. The van der Waals surface area contributed by atoms with Crippen LogP contribution in [0.25, 0.3) is 43.6 Å². The van der Waals surface area contributed by atoms with E-state index in [4.69, 9.17) is 0 Å². The molecule has 0 spiro atoms. The minimum absolute atomic E-state index is 0.00210. The van der Waals surface area contributed by atoms with Crippen molar-refractivity contribution in [3.63, 3.8) is 0 Å². The van der Waals surface area contributed by atoms with Crippen LogP contribution in [0.2, 0.25) is 0 Å². The molecule has 1 atom stereocenters. The third-order valence-electron chi connectivity index (χ3n) is 5.46. The van der Waals surface area contributed by atoms with Crippen LogP contribution in [0, 0.1) is 0 Å². The number of aromatic amines is 2. The highest BCUT2D eigenvalue weighted by Gasteiger charge is 2.33. The van der Waals surface area contributed by atoms with Crippen molar-refractivity contribution in [3.05, 3.63) is 59.7 Å². The van der Waals surface area contributed by atoms with Gasteiger partial charge in [-0.1, -0.05) is 36.4 Å². The zero-order chi connectivity index (χ0) is 16.7. The first-order chi connectivity index (χ1) is 12.2. The highest BCUT2D eigenvalue weighted by Crippen LogP contribution is 2.44. The Morgan fingerprint density at radius 2 is 1.36 bits per heavy atom. The molecule has 0 radical (unpaired) electrons. The molecule has 0 saturated heterocycles. The zero-order valence-corrected chi connectivity index (χ0v) is 13.6. The van der Waals surface area contributed by atoms with Crippen LogP contribution in [-0.2, 0) is 0 Å². The molecule has 4 nitrogen and oxygen atoms in total. The average molecular weight is 325 g/mol. The van der Waals surface area contributed by atoms with E-state index in [1.807, 2.05) is 24.3 Å². The molecule has 1 aliphatic heterocycles. The number of amides is 1. The zero-order valence-electron chi connectivity index (χ0n) is 13.6. The van der Waals surface area contributed by atoms with Gasteiger partial charge in [0.2, 0.25) is 0 Å². The van der Waals surface area contributed by atoms with Crippen molar-refractivity contribution >= 4 is 49.5 Å². The van der Waals surface area contributed by atoms with Gasteiger partial charge < -0.3 is 15.3 Å². The molecule has 6 rings (SSSR count). The van der Waals surface area contributed by atoms with E-state index in [9.17, 15) is 4.79 Å². The number of rotatable bonds is 0. The lowest BCUT2D eigenvalue weighted by Crippen LogP contribution is -2.16. The van der Waals surface area contributed by atoms with Crippen molar-refractivity contribution in [2.75, 3.05) is 0 Å². The first-order valence-electron chi connectivity index (χ1n) is 8.51. The number of carbonyl (C=O) groups is 1. The molecule has 25 heavy (non-hydrogen) atoms. The quantitative estimate of drug-likeness (QED) is 0.378. The lowest BCUT2D eigenvalue weighted by atomic mass is 9.94. The highest BCUT2D eigenvalue weighted by atomic mass is 16.2. The monoisotopic (exact) mass is 325 g/mol. The Hall–Kier alpha value is -3.27. The van der Waals surface area contributed by atoms with E-state index in [0.29, 0.717) is 0 Å². The molecule has 4 heteroatoms. The Bertz CT molecular complexity index is 1360. The second-order valence-electron chi connectivity index (χ2n) is 6.82. The van der Waals surface area contributed by atoms with Crippen LogP contribution in [0.15, 0.2) is 48.5 Å². The summed E-state index contributed by atoms with van der Waals surface area (Å²) >= 11 is 0. The van der Waals surface area contributed by atoms with Gasteiger partial charge in [0.1, 0.15) is 0 Å². The predicted molar refractivity (Wildman–Crippen MR) is 101 cm³/mol. The van der Waals surface area contributed by atoms with Gasteiger partial charge in [0, 0.05) is 32.6 Å². The van der Waals surface area contributed by atoms with Crippen LogP contribution in [0.1, 0.15) is 28.9 Å². The topological polar surface area (TPSA) is 60.7 Å². The third kappa shape index (κ3) is 1.45. The van der Waals surface area contributed by atoms with Gasteiger partial charge in [-0.15, -0.1) is 0 Å². The summed E-state index contributed by atoms with van der Waals surface area (Å²) in [7, 11) is 0. The summed E-state index contributed by atoms with van der Waals surface area (Å²) < 4.78 is 0. The summed E-state index contributed by atoms with van der Waals surface area (Å²) in [5, 5.41) is 7.54. The number of benzene rings is 3. The first-order valence-corrected chi connectivity index (χ1v) is 8.51. The van der Waals surface area contributed by atoms with E-state index in [2.05, 4.69) is 46.5 Å². The number of H-pyrrole nitrogens is 2. The van der Waals surface area contributed by atoms with Gasteiger partial charge in [-0.25, -0.2) is 0 Å². The highest BCUT2D eigenvalue weighted by molar-refractivity contribution is 6.30. The molecule has 3 heterocycles. The van der Waals surface area contributed by atoms with Crippen LogP contribution in [-0.4, -0.2) is 15.9 Å². The van der Waals surface area contributed by atoms with Gasteiger partial charge in [-0.05, 0) is 24.6 Å². The maximum atomic E-state index is 12.8. The summed E-state index contributed by atoms with van der Waals surface area (Å²) in [5.41, 5.74) is 6.16. The molecule has 1 aliphatic rings. The average Bonchev–Trinajstić information content (AvgIpc) is 3.26. The van der Waals surface area contributed by atoms with Crippen molar-refractivity contribution in [2.45, 2.75) is 13.0 Å². The predicted octanol–water partition coefficient (Wildman–Crippen LogP) is 4.76. The van der Waals surface area contributed by atoms with E-state index in [-0.39, 0.29) is 11.9 Å². The van der Waals surface area contributed by atoms with E-state index in [1.54, 1.807) is 0 Å². The molecule has 120 valence electrons. The van der Waals surface area contributed by atoms with Crippen LogP contribution < -0.4 is 5.32 Å². The Labute approximate surface area is 142 Å². The van der Waals surface area contributed by atoms with E-state index < -0.39 is 0 Å². The third-order valence-corrected chi connectivity index (χ3v) is 5.46. The van der Waals surface area contributed by atoms with Gasteiger partial charge in [0.25, 0.3) is 5.91 Å². The number of aromatic nitrogens is 2. The molecule has 3 aromatic carbocycles. The largest absolute Gasteiger partial charge is 0.353 e. The number of nitrogens with one attached hydrogen (secondary N) is 3. The number of para-hydroxylation sites is 2. The number of hydrogen-bond donors (Lipinski definition) is 3. The first kappa shape index (κ1) is 13.1. The molecule has 0 bridgehead atoms. The molecule has 0 aliphatic carbocycles. The number of fused-ring (bicyclic) bond motifs is 10. The summed E-state index contributed by atoms with van der Waals surface area (Å²) in [6.45, 7) is 2.06. The van der Waals surface area contributed by atoms with E-state index in [0.717, 1.165) is 54.7 Å². The Balaban J connectivity index is 2.02. The summed E-state index contributed by atoms with van der Waals surface area (Å²) in [4.78, 5) is 19.9. The van der Waals surface area contributed by atoms with Gasteiger partial charge in [0.15, 0.2) is 0 Å². The van der Waals surface area contributed by atoms with Crippen LogP contribution in [0.4, 0.5) is 0 Å². The minimum Gasteiger partial charge on any atom is -0.353 e. The lowest BCUT2D eigenvalue weighted by Gasteiger charge is -2.07. The smallest absolute Gasteiger partial charge is 0.252 e. The van der Waals surface area contributed by atoms with Crippen molar-refractivity contribution in [3.8, 4) is 0 Å². The summed E-state index contributed by atoms with van der Waals surface area (Å²) in [6.07, 6.45) is 0. The van der Waals surface area contributed by atoms with Crippen molar-refractivity contribution in [1.82, 2.24) is 15.3 Å². The number of hydrogen-bond acceptors (Lipinski definition) is 1. The lowest BCUT2D eigenvalue weighted by molar-refractivity contribution is 0.0960. The second kappa shape index (κ2) is 4.22. The Kier molecular flexibility index (Phi) is 2.21. The van der Waals surface area contributed by atoms with Gasteiger partial charge in [-0.3, -0.25) is 4.79 Å². The fourth-order valence-corrected chi connectivity index (χ4v) is 4.47. The molecule has 3 N–H and O–H groups in total. The van der Waals surface area contributed by atoms with Crippen LogP contribution >= 0.6 is 0 Å². The van der Waals surface area contributed by atoms with Gasteiger partial charge in [0.05, 0.1) is 22.6 Å². The van der Waals surface area contributed by atoms with Gasteiger partial charge in [-0.2, -0.15) is 0 Å². The molecule has 0 saturated carbocycles. The SMILES string of the molecule is C[C@H]1NC(=O)c2c1c1c3ccccc3[nH]c1c1[nH]c3ccccc3c21. The van der Waals surface area contributed by atoms with Crippen molar-refractivity contribution in [2.24, 2.45) is 0 Å². The molecule has 0 fully saturated rings.